The van der Waals surface area contributed by atoms with Gasteiger partial charge in [-0.15, -0.1) is 0 Å². The molecule has 23 nitrogen and oxygen atoms in total. The quantitative estimate of drug-likeness (QED) is 0.0329. The summed E-state index contributed by atoms with van der Waals surface area (Å²) in [5, 5.41) is 147. The van der Waals surface area contributed by atoms with Crippen LogP contribution >= 0.6 is 0 Å². The van der Waals surface area contributed by atoms with Gasteiger partial charge in [0, 0.05) is 30.3 Å². The molecule has 352 valence electrons. The lowest BCUT2D eigenvalue weighted by molar-refractivity contribution is -0.318. The molecule has 0 bridgehead atoms. The number of hydrogen-bond donors (Lipinski definition) is 14. The number of phenols is 5. The van der Waals surface area contributed by atoms with Gasteiger partial charge in [-0.3, -0.25) is 0 Å². The fourth-order valence-electron chi connectivity index (χ4n) is 7.15. The third kappa shape index (κ3) is 10.1. The SMILES string of the molecule is CC1O[C@@H](OCC2O[C@@H](Oc3cc4c(O[C@@H]5OC(COC(=O)/C=C\c6ccc(O)cc6)[C@@H](O)[C@H](O)C5O)cc(O)cc4[o+]c3-c3cc(O)c(O)c(O)c3)C(O)[C@@H](O)[C@@H]2O)[C@@H](O)C(O)[C@H]1O. The van der Waals surface area contributed by atoms with Crippen LogP contribution in [-0.4, -0.2) is 183 Å². The molecule has 4 aromatic rings. The molecule has 3 aliphatic heterocycles. The van der Waals surface area contributed by atoms with E-state index in [-0.39, 0.29) is 28.0 Å². The van der Waals surface area contributed by atoms with Gasteiger partial charge in [0.25, 0.3) is 0 Å². The predicted octanol–water partition coefficient (Wildman–Crippen LogP) is -1.62. The lowest BCUT2D eigenvalue weighted by Gasteiger charge is -2.42. The summed E-state index contributed by atoms with van der Waals surface area (Å²) >= 11 is 0. The number of hydrogen-bond acceptors (Lipinski definition) is 22. The number of benzene rings is 3. The molecule has 6 unspecified atom stereocenters. The van der Waals surface area contributed by atoms with E-state index in [0.717, 1.165) is 36.4 Å². The van der Waals surface area contributed by atoms with Gasteiger partial charge in [-0.05, 0) is 30.7 Å². The lowest BCUT2D eigenvalue weighted by atomic mass is 9.98. The van der Waals surface area contributed by atoms with E-state index in [2.05, 4.69) is 0 Å². The van der Waals surface area contributed by atoms with Crippen LogP contribution in [0.25, 0.3) is 28.4 Å². The van der Waals surface area contributed by atoms with Gasteiger partial charge in [0.15, 0.2) is 23.5 Å². The third-order valence-corrected chi connectivity index (χ3v) is 10.9. The second kappa shape index (κ2) is 19.4. The van der Waals surface area contributed by atoms with Crippen LogP contribution in [0.15, 0.2) is 65.1 Å². The first-order chi connectivity index (χ1) is 30.8. The van der Waals surface area contributed by atoms with E-state index in [1.54, 1.807) is 0 Å². The molecule has 3 saturated heterocycles. The van der Waals surface area contributed by atoms with Gasteiger partial charge in [-0.2, -0.15) is 0 Å². The van der Waals surface area contributed by atoms with Crippen molar-refractivity contribution in [3.05, 3.63) is 66.2 Å². The van der Waals surface area contributed by atoms with E-state index in [9.17, 15) is 76.3 Å². The Bertz CT molecular complexity index is 2320. The highest BCUT2D eigenvalue weighted by Gasteiger charge is 2.49. The number of aliphatic hydroxyl groups is 9. The zero-order chi connectivity index (χ0) is 47.0. The normalized spacial score (nSPS) is 32.9. The highest BCUT2D eigenvalue weighted by molar-refractivity contribution is 5.89. The van der Waals surface area contributed by atoms with E-state index in [1.807, 2.05) is 0 Å². The number of fused-ring (bicyclic) bond motifs is 1. The van der Waals surface area contributed by atoms with Crippen LogP contribution in [0, 0.1) is 0 Å². The van der Waals surface area contributed by atoms with E-state index >= 15 is 0 Å². The molecule has 0 spiro atoms. The van der Waals surface area contributed by atoms with Gasteiger partial charge in [-0.1, -0.05) is 12.1 Å². The maximum absolute atomic E-state index is 12.5. The van der Waals surface area contributed by atoms with Crippen molar-refractivity contribution in [2.24, 2.45) is 0 Å². The number of rotatable bonds is 12. The average molecular weight is 920 g/mol. The molecule has 0 radical (unpaired) electrons. The zero-order valence-corrected chi connectivity index (χ0v) is 33.9. The summed E-state index contributed by atoms with van der Waals surface area (Å²) in [7, 11) is 0. The van der Waals surface area contributed by atoms with Crippen LogP contribution in [0.1, 0.15) is 12.5 Å². The van der Waals surface area contributed by atoms with Crippen molar-refractivity contribution < 1.29 is 114 Å². The highest BCUT2D eigenvalue weighted by atomic mass is 16.7. The minimum Gasteiger partial charge on any atom is -0.508 e. The minimum atomic E-state index is -2.02. The maximum Gasteiger partial charge on any atom is 0.402 e. The second-order valence-electron chi connectivity index (χ2n) is 15.5. The third-order valence-electron chi connectivity index (χ3n) is 10.9. The molecule has 65 heavy (non-hydrogen) atoms. The largest absolute Gasteiger partial charge is 0.508 e. The first kappa shape index (κ1) is 47.3. The average Bonchev–Trinajstić information content (AvgIpc) is 3.27. The number of carbonyl (C=O) groups excluding carboxylic acids is 1. The smallest absolute Gasteiger partial charge is 0.402 e. The van der Waals surface area contributed by atoms with Gasteiger partial charge in [0.2, 0.25) is 18.3 Å². The Labute approximate surface area is 366 Å². The number of carbonyl (C=O) groups is 1. The van der Waals surface area contributed by atoms with Crippen LogP contribution in [0.3, 0.4) is 0 Å². The maximum atomic E-state index is 12.5. The number of aromatic hydroxyl groups is 5. The Morgan fingerprint density at radius 2 is 1.17 bits per heavy atom. The molecule has 1 aromatic heterocycles. The summed E-state index contributed by atoms with van der Waals surface area (Å²) in [4.78, 5) is 12.5. The summed E-state index contributed by atoms with van der Waals surface area (Å²) in [5.74, 6) is -5.13. The van der Waals surface area contributed by atoms with Gasteiger partial charge >= 0.3 is 17.3 Å². The Morgan fingerprint density at radius 1 is 0.615 bits per heavy atom. The summed E-state index contributed by atoms with van der Waals surface area (Å²) < 4.78 is 45.7. The van der Waals surface area contributed by atoms with Crippen molar-refractivity contribution in [3.63, 3.8) is 0 Å². The molecule has 4 heterocycles. The fraction of sp³-hybridized carbons (Fsp3) is 0.429. The number of aliphatic hydroxyl groups excluding tert-OH is 9. The highest BCUT2D eigenvalue weighted by Crippen LogP contribution is 2.45. The molecule has 0 saturated carbocycles. The fourth-order valence-corrected chi connectivity index (χ4v) is 7.15. The molecular weight excluding hydrogens is 872 g/mol. The standard InChI is InChI=1S/C42H46O23/c1-15-29(48)33(52)36(55)40(60-15)59-14-27-32(51)35(54)38(57)42(65-27)63-25-12-20-23(61-39(25)17-8-21(45)30(49)22(46)9-17)10-19(44)11-24(20)62-41-37(56)34(53)31(50)26(64-41)13-58-28(47)7-4-16-2-5-18(43)6-3-16/h2-12,15,26-27,29,31-38,40-42,48,50-57H,13-14H2,1H3,(H4-,43,44,45,46,47,49)/p+1/t15?,26?,27?,29-,31+,32+,33?,34-,35-,36-,37?,38?,40+,41+,42+/m0/s1. The van der Waals surface area contributed by atoms with Crippen molar-refractivity contribution in [1.82, 2.24) is 0 Å². The summed E-state index contributed by atoms with van der Waals surface area (Å²) in [6.07, 6.45) is -23.3. The molecule has 0 amide bonds. The molecule has 3 fully saturated rings. The summed E-state index contributed by atoms with van der Waals surface area (Å²) in [6.45, 7) is 0.0944. The number of esters is 1. The molecule has 0 aliphatic carbocycles. The van der Waals surface area contributed by atoms with Gasteiger partial charge in [0.05, 0.1) is 24.3 Å². The lowest BCUT2D eigenvalue weighted by Crippen LogP contribution is -2.61. The molecule has 3 aliphatic rings. The Morgan fingerprint density at radius 3 is 1.78 bits per heavy atom. The second-order valence-corrected chi connectivity index (χ2v) is 15.5. The van der Waals surface area contributed by atoms with Gasteiger partial charge < -0.3 is 105 Å². The van der Waals surface area contributed by atoms with Gasteiger partial charge in [-0.25, -0.2) is 9.21 Å². The molecule has 14 N–H and O–H groups in total. The van der Waals surface area contributed by atoms with Crippen LogP contribution in [0.2, 0.25) is 0 Å². The first-order valence-electron chi connectivity index (χ1n) is 19.9. The molecule has 23 heteroatoms. The van der Waals surface area contributed by atoms with Crippen molar-refractivity contribution in [2.45, 2.75) is 99.0 Å². The van der Waals surface area contributed by atoms with E-state index < -0.39 is 146 Å². The number of phenolic OH excluding ortho intramolecular Hbond substituents is 5. The Hall–Kier alpha value is -5.64. The molecule has 15 atom stereocenters. The Kier molecular flexibility index (Phi) is 14.2. The summed E-state index contributed by atoms with van der Waals surface area (Å²) in [6, 6.07) is 11.0. The van der Waals surface area contributed by atoms with Crippen LogP contribution in [0.4, 0.5) is 0 Å². The first-order valence-corrected chi connectivity index (χ1v) is 19.9. The van der Waals surface area contributed by atoms with E-state index in [4.69, 9.17) is 37.6 Å². The zero-order valence-electron chi connectivity index (χ0n) is 33.9. The van der Waals surface area contributed by atoms with Crippen molar-refractivity contribution in [2.75, 3.05) is 13.2 Å². The molecule has 7 rings (SSSR count). The minimum absolute atomic E-state index is 0.0108. The molecular formula is C42H47O23+. The van der Waals surface area contributed by atoms with Crippen molar-refractivity contribution in [1.29, 1.82) is 0 Å². The van der Waals surface area contributed by atoms with Crippen molar-refractivity contribution in [3.8, 4) is 51.6 Å². The topological polar surface area (TPSA) is 376 Å². The number of ether oxygens (including phenoxy) is 7. The predicted molar refractivity (Wildman–Crippen MR) is 214 cm³/mol. The summed E-state index contributed by atoms with van der Waals surface area (Å²) in [5.41, 5.74) is 0.124. The van der Waals surface area contributed by atoms with E-state index in [0.29, 0.717) is 5.56 Å². The van der Waals surface area contributed by atoms with Gasteiger partial charge in [0.1, 0.15) is 96.4 Å². The van der Waals surface area contributed by atoms with Crippen molar-refractivity contribution >= 4 is 23.0 Å². The van der Waals surface area contributed by atoms with E-state index in [1.165, 1.54) is 37.3 Å². The van der Waals surface area contributed by atoms with Crippen LogP contribution in [0.5, 0.6) is 40.2 Å². The molecule has 3 aromatic carbocycles. The van der Waals surface area contributed by atoms with Crippen LogP contribution in [-0.2, 0) is 28.5 Å². The monoisotopic (exact) mass is 919 g/mol. The Balaban J connectivity index is 1.17. The van der Waals surface area contributed by atoms with Crippen LogP contribution < -0.4 is 9.47 Å².